The molecule has 1 rings (SSSR count). The van der Waals surface area contributed by atoms with Gasteiger partial charge in [-0.2, -0.15) is 0 Å². The number of likely N-dealkylation sites (tertiary alicyclic amines) is 1. The summed E-state index contributed by atoms with van der Waals surface area (Å²) in [6.45, 7) is 0.680. The van der Waals surface area contributed by atoms with Gasteiger partial charge in [0.05, 0.1) is 0 Å². The van der Waals surface area contributed by atoms with Crippen LogP contribution in [0.4, 0.5) is 0 Å². The van der Waals surface area contributed by atoms with Gasteiger partial charge in [-0.05, 0) is 18.0 Å². The van der Waals surface area contributed by atoms with E-state index in [0.29, 0.717) is 13.0 Å². The van der Waals surface area contributed by atoms with E-state index in [4.69, 9.17) is 0 Å². The van der Waals surface area contributed by atoms with Crippen molar-refractivity contribution in [3.05, 3.63) is 4.91 Å². The van der Waals surface area contributed by atoms with Crippen LogP contribution in [0.2, 0.25) is 0 Å². The first kappa shape index (κ1) is 6.19. The maximum atomic E-state index is 10.1. The zero-order valence-electron chi connectivity index (χ0n) is 4.99. The summed E-state index contributed by atoms with van der Waals surface area (Å²) in [6.07, 6.45) is 1.92. The summed E-state index contributed by atoms with van der Waals surface area (Å²) in [6, 6.07) is 0. The quantitative estimate of drug-likeness (QED) is 0.397. The zero-order valence-corrected chi connectivity index (χ0v) is 4.99. The van der Waals surface area contributed by atoms with Gasteiger partial charge in [-0.1, -0.05) is 0 Å². The summed E-state index contributed by atoms with van der Waals surface area (Å²) in [7, 11) is 0. The van der Waals surface area contributed by atoms with E-state index in [2.05, 4.69) is 5.18 Å². The van der Waals surface area contributed by atoms with Crippen molar-refractivity contribution >= 4 is 6.41 Å². The number of carbonyl (C=O) groups excluding carboxylic acids is 1. The highest BCUT2D eigenvalue weighted by molar-refractivity contribution is 5.48. The van der Waals surface area contributed by atoms with Crippen LogP contribution < -0.4 is 0 Å². The number of rotatable bonds is 2. The van der Waals surface area contributed by atoms with E-state index in [1.54, 1.807) is 0 Å². The second kappa shape index (κ2) is 2.57. The zero-order chi connectivity index (χ0) is 6.69. The van der Waals surface area contributed by atoms with Crippen molar-refractivity contribution in [2.24, 2.45) is 5.18 Å². The molecule has 0 aromatic carbocycles. The summed E-state index contributed by atoms with van der Waals surface area (Å²) in [5.41, 5.74) is 0. The lowest BCUT2D eigenvalue weighted by Gasteiger charge is -2.10. The van der Waals surface area contributed by atoms with Gasteiger partial charge in [0.25, 0.3) is 0 Å². The summed E-state index contributed by atoms with van der Waals surface area (Å²) in [4.78, 5) is 21.5. The fraction of sp³-hybridized carbons (Fsp3) is 0.800. The van der Waals surface area contributed by atoms with Crippen molar-refractivity contribution in [1.29, 1.82) is 0 Å². The van der Waals surface area contributed by atoms with E-state index >= 15 is 0 Å². The largest absolute Gasteiger partial charge is 0.320 e. The fourth-order valence-electron chi connectivity index (χ4n) is 1.01. The molecule has 0 saturated carbocycles. The van der Waals surface area contributed by atoms with E-state index in [9.17, 15) is 9.70 Å². The van der Waals surface area contributed by atoms with E-state index < -0.39 is 0 Å². The molecule has 4 heteroatoms. The molecule has 9 heavy (non-hydrogen) atoms. The fourth-order valence-corrected chi connectivity index (χ4v) is 1.01. The molecule has 0 aromatic rings. The van der Waals surface area contributed by atoms with Gasteiger partial charge in [0, 0.05) is 6.54 Å². The van der Waals surface area contributed by atoms with Gasteiger partial charge < -0.3 is 4.90 Å². The molecule has 50 valence electrons. The summed E-state index contributed by atoms with van der Waals surface area (Å²) in [5, 5.41) is 2.78. The molecule has 1 amide bonds. The average molecular weight is 128 g/mol. The van der Waals surface area contributed by atoms with Gasteiger partial charge in [-0.25, -0.2) is 0 Å². The number of hydrogen-bond donors (Lipinski definition) is 0. The summed E-state index contributed by atoms with van der Waals surface area (Å²) >= 11 is 0. The van der Waals surface area contributed by atoms with Crippen LogP contribution in [0, 0.1) is 4.91 Å². The number of nitroso groups, excluding NO2 is 1. The third-order valence-electron chi connectivity index (χ3n) is 1.52. The van der Waals surface area contributed by atoms with Crippen LogP contribution in [0.3, 0.4) is 0 Å². The van der Waals surface area contributed by atoms with Gasteiger partial charge in [0.1, 0.15) is 0 Å². The van der Waals surface area contributed by atoms with Gasteiger partial charge >= 0.3 is 0 Å². The molecule has 1 atom stereocenters. The Morgan fingerprint density at radius 2 is 2.44 bits per heavy atom. The highest BCUT2D eigenvalue weighted by Gasteiger charge is 2.22. The van der Waals surface area contributed by atoms with Crippen molar-refractivity contribution in [2.75, 3.05) is 6.54 Å². The lowest BCUT2D eigenvalue weighted by Crippen LogP contribution is -2.25. The molecule has 1 fully saturated rings. The molecule has 0 N–H and O–H groups in total. The van der Waals surface area contributed by atoms with Crippen LogP contribution in [0.1, 0.15) is 12.8 Å². The second-order valence-corrected chi connectivity index (χ2v) is 2.07. The van der Waals surface area contributed by atoms with Gasteiger partial charge in [0.2, 0.25) is 6.41 Å². The van der Waals surface area contributed by atoms with Crippen molar-refractivity contribution in [2.45, 2.75) is 19.0 Å². The molecule has 0 aliphatic carbocycles. The normalized spacial score (nSPS) is 26.2. The minimum atomic E-state index is -0.387. The first-order chi connectivity index (χ1) is 4.38. The molecule has 1 aliphatic rings. The lowest BCUT2D eigenvalue weighted by molar-refractivity contribution is -0.118. The molecule has 0 aromatic heterocycles. The molecule has 0 unspecified atom stereocenters. The van der Waals surface area contributed by atoms with Crippen molar-refractivity contribution in [1.82, 2.24) is 4.90 Å². The van der Waals surface area contributed by atoms with Crippen LogP contribution in [-0.4, -0.2) is 24.0 Å². The maximum Gasteiger partial charge on any atom is 0.211 e. The number of carbonyl (C=O) groups is 1. The molecule has 1 aliphatic heterocycles. The Kier molecular flexibility index (Phi) is 1.77. The Morgan fingerprint density at radius 3 is 2.89 bits per heavy atom. The molecule has 1 saturated heterocycles. The molecule has 4 nitrogen and oxygen atoms in total. The topological polar surface area (TPSA) is 49.7 Å². The highest BCUT2D eigenvalue weighted by Crippen LogP contribution is 2.14. The Labute approximate surface area is 52.8 Å². The number of amides is 1. The molecule has 0 bridgehead atoms. The van der Waals surface area contributed by atoms with Crippen LogP contribution >= 0.6 is 0 Å². The maximum absolute atomic E-state index is 10.1. The first-order valence-electron chi connectivity index (χ1n) is 2.92. The monoisotopic (exact) mass is 128 g/mol. The predicted molar refractivity (Wildman–Crippen MR) is 31.6 cm³/mol. The van der Waals surface area contributed by atoms with Crippen LogP contribution in [0.25, 0.3) is 0 Å². The lowest BCUT2D eigenvalue weighted by atomic mass is 10.3. The van der Waals surface area contributed by atoms with Crippen molar-refractivity contribution in [3.63, 3.8) is 0 Å². The first-order valence-corrected chi connectivity index (χ1v) is 2.92. The molecular weight excluding hydrogens is 120 g/mol. The minimum Gasteiger partial charge on any atom is -0.320 e. The Balaban J connectivity index is 2.50. The summed E-state index contributed by atoms with van der Waals surface area (Å²) < 4.78 is 0. The number of nitrogens with zero attached hydrogens (tertiary/aromatic N) is 2. The standard InChI is InChI=1S/C5H8N2O2/c8-4-7-3-1-2-5(7)6-9/h4-5H,1-3H2/t5-/m0/s1. The van der Waals surface area contributed by atoms with Gasteiger partial charge in [-0.3, -0.25) is 4.79 Å². The van der Waals surface area contributed by atoms with Crippen LogP contribution in [-0.2, 0) is 4.79 Å². The van der Waals surface area contributed by atoms with Gasteiger partial charge in [0.15, 0.2) is 6.17 Å². The Morgan fingerprint density at radius 1 is 1.67 bits per heavy atom. The minimum absolute atomic E-state index is 0.387. The third-order valence-corrected chi connectivity index (χ3v) is 1.52. The van der Waals surface area contributed by atoms with E-state index in [1.807, 2.05) is 0 Å². The van der Waals surface area contributed by atoms with Gasteiger partial charge in [-0.15, -0.1) is 4.91 Å². The molecule has 0 radical (unpaired) electrons. The molecule has 1 heterocycles. The second-order valence-electron chi connectivity index (χ2n) is 2.07. The Bertz CT molecular complexity index is 112. The SMILES string of the molecule is O=CN1CCC[C@H]1N=O. The highest BCUT2D eigenvalue weighted by atomic mass is 16.3. The van der Waals surface area contributed by atoms with Crippen molar-refractivity contribution < 1.29 is 4.79 Å². The third kappa shape index (κ3) is 1.06. The molecule has 0 spiro atoms. The van der Waals surface area contributed by atoms with Crippen molar-refractivity contribution in [3.8, 4) is 0 Å². The predicted octanol–water partition coefficient (Wildman–Crippen LogP) is 0.331. The smallest absolute Gasteiger partial charge is 0.211 e. The number of hydrogen-bond acceptors (Lipinski definition) is 3. The van der Waals surface area contributed by atoms with Crippen LogP contribution in [0.15, 0.2) is 5.18 Å². The molecular formula is C5H8N2O2. The van der Waals surface area contributed by atoms with E-state index in [-0.39, 0.29) is 6.17 Å². The summed E-state index contributed by atoms with van der Waals surface area (Å²) in [5.74, 6) is 0. The van der Waals surface area contributed by atoms with Crippen LogP contribution in [0.5, 0.6) is 0 Å². The van der Waals surface area contributed by atoms with E-state index in [0.717, 1.165) is 12.8 Å². The average Bonchev–Trinajstić information content (AvgIpc) is 2.33. The Hall–Kier alpha value is -0.930. The van der Waals surface area contributed by atoms with E-state index in [1.165, 1.54) is 4.90 Å².